The van der Waals surface area contributed by atoms with Crippen molar-refractivity contribution in [2.75, 3.05) is 31.0 Å². The topological polar surface area (TPSA) is 83.0 Å². The number of aliphatic hydroxyl groups excluding tert-OH is 1. The van der Waals surface area contributed by atoms with E-state index < -0.39 is 17.7 Å². The predicted octanol–water partition coefficient (Wildman–Crippen LogP) is 5.65. The summed E-state index contributed by atoms with van der Waals surface area (Å²) in [5, 5.41) is 12.1. The summed E-state index contributed by atoms with van der Waals surface area (Å²) < 4.78 is 6.16. The third kappa shape index (κ3) is 3.98. The molecule has 1 atom stereocenters. The fraction of sp³-hybridized carbons (Fsp3) is 0.148. The molecule has 1 N–H and O–H groups in total. The first-order valence-electron chi connectivity index (χ1n) is 11.1. The van der Waals surface area contributed by atoms with Crippen molar-refractivity contribution < 1.29 is 19.4 Å². The van der Waals surface area contributed by atoms with Crippen LogP contribution in [0.5, 0.6) is 5.75 Å². The lowest BCUT2D eigenvalue weighted by Gasteiger charge is -2.23. The van der Waals surface area contributed by atoms with Gasteiger partial charge in [0.25, 0.3) is 5.78 Å². The van der Waals surface area contributed by atoms with E-state index in [0.717, 1.165) is 15.9 Å². The molecule has 3 aromatic carbocycles. The van der Waals surface area contributed by atoms with Gasteiger partial charge in [0.2, 0.25) is 0 Å². The molecule has 9 heteroatoms. The van der Waals surface area contributed by atoms with Crippen molar-refractivity contribution >= 4 is 61.4 Å². The third-order valence-corrected chi connectivity index (χ3v) is 7.43. The zero-order valence-electron chi connectivity index (χ0n) is 19.7. The number of nitrogens with zero attached hydrogens (tertiary/aromatic N) is 3. The number of Topliss-reactive ketones (excluding diaryl/α,β-unsaturated/α-hetero) is 1. The summed E-state index contributed by atoms with van der Waals surface area (Å²) >= 11 is 7.47. The average molecular weight is 520 g/mol. The van der Waals surface area contributed by atoms with Crippen molar-refractivity contribution in [1.82, 2.24) is 4.98 Å². The van der Waals surface area contributed by atoms with Gasteiger partial charge in [0, 0.05) is 25.3 Å². The molecule has 0 spiro atoms. The average Bonchev–Trinajstić information content (AvgIpc) is 3.42. The lowest BCUT2D eigenvalue weighted by atomic mass is 9.95. The number of benzene rings is 3. The summed E-state index contributed by atoms with van der Waals surface area (Å²) in [7, 11) is 5.32. The number of rotatable bonds is 5. The Kier molecular flexibility index (Phi) is 6.15. The number of anilines is 2. The fourth-order valence-corrected chi connectivity index (χ4v) is 5.41. The van der Waals surface area contributed by atoms with Gasteiger partial charge in [-0.25, -0.2) is 4.98 Å². The molecule has 0 radical (unpaired) electrons. The van der Waals surface area contributed by atoms with Crippen LogP contribution >= 0.6 is 22.9 Å². The maximum Gasteiger partial charge on any atom is 0.301 e. The molecule has 0 bridgehead atoms. The molecule has 5 rings (SSSR count). The van der Waals surface area contributed by atoms with Gasteiger partial charge in [-0.15, -0.1) is 0 Å². The molecule has 0 saturated carbocycles. The van der Waals surface area contributed by atoms with Crippen LogP contribution < -0.4 is 14.5 Å². The van der Waals surface area contributed by atoms with E-state index >= 15 is 0 Å². The second-order valence-corrected chi connectivity index (χ2v) is 9.88. The number of carbonyl (C=O) groups excluding carboxylic acids is 2. The van der Waals surface area contributed by atoms with Crippen LogP contribution in [0.2, 0.25) is 5.02 Å². The Balaban J connectivity index is 1.72. The van der Waals surface area contributed by atoms with Crippen molar-refractivity contribution in [3.8, 4) is 5.75 Å². The summed E-state index contributed by atoms with van der Waals surface area (Å²) in [6, 6.07) is 18.8. The maximum atomic E-state index is 13.4. The number of hydrogen-bond donors (Lipinski definition) is 1. The molecule has 1 fully saturated rings. The number of ether oxygens (including phenoxy) is 1. The van der Waals surface area contributed by atoms with Crippen molar-refractivity contribution in [1.29, 1.82) is 0 Å². The largest absolute Gasteiger partial charge is 0.507 e. The molecular weight excluding hydrogens is 498 g/mol. The van der Waals surface area contributed by atoms with E-state index in [1.807, 2.05) is 67.5 Å². The Hall–Kier alpha value is -3.88. The lowest BCUT2D eigenvalue weighted by molar-refractivity contribution is -0.132. The smallest absolute Gasteiger partial charge is 0.301 e. The van der Waals surface area contributed by atoms with E-state index in [0.29, 0.717) is 27.0 Å². The van der Waals surface area contributed by atoms with Gasteiger partial charge >= 0.3 is 5.91 Å². The number of carbonyl (C=O) groups is 2. The Morgan fingerprint density at radius 2 is 1.81 bits per heavy atom. The summed E-state index contributed by atoms with van der Waals surface area (Å²) in [6.45, 7) is 0. The van der Waals surface area contributed by atoms with E-state index in [1.54, 1.807) is 12.1 Å². The van der Waals surface area contributed by atoms with Crippen LogP contribution in [0.1, 0.15) is 17.2 Å². The zero-order valence-corrected chi connectivity index (χ0v) is 21.3. The van der Waals surface area contributed by atoms with Gasteiger partial charge in [0.1, 0.15) is 11.5 Å². The SMILES string of the molecule is COc1cc(/C(O)=C2\C(=O)C(=O)N(c3nc4ccccc4s3)C2c2ccc(N(C)C)cc2)ccc1Cl. The third-order valence-electron chi connectivity index (χ3n) is 6.08. The van der Waals surface area contributed by atoms with Crippen LogP contribution in [-0.4, -0.2) is 43.0 Å². The highest BCUT2D eigenvalue weighted by atomic mass is 35.5. The normalized spacial score (nSPS) is 17.1. The first-order valence-corrected chi connectivity index (χ1v) is 12.3. The van der Waals surface area contributed by atoms with Gasteiger partial charge in [-0.2, -0.15) is 0 Å². The highest BCUT2D eigenvalue weighted by Crippen LogP contribution is 2.45. The number of hydrogen-bond acceptors (Lipinski definition) is 7. The summed E-state index contributed by atoms with van der Waals surface area (Å²) in [5.74, 6) is -1.51. The Bertz CT molecular complexity index is 1490. The molecule has 182 valence electrons. The first kappa shape index (κ1) is 23.8. The van der Waals surface area contributed by atoms with Crippen LogP contribution in [0.15, 0.2) is 72.3 Å². The molecule has 4 aromatic rings. The molecule has 1 unspecified atom stereocenters. The number of thiazole rings is 1. The lowest BCUT2D eigenvalue weighted by Crippen LogP contribution is -2.29. The van der Waals surface area contributed by atoms with Crippen LogP contribution in [-0.2, 0) is 9.59 Å². The van der Waals surface area contributed by atoms with E-state index in [2.05, 4.69) is 4.98 Å². The zero-order chi connectivity index (χ0) is 25.6. The highest BCUT2D eigenvalue weighted by Gasteiger charge is 2.48. The number of para-hydroxylation sites is 1. The summed E-state index contributed by atoms with van der Waals surface area (Å²) in [6.07, 6.45) is 0. The number of aromatic nitrogens is 1. The Morgan fingerprint density at radius 3 is 2.47 bits per heavy atom. The second kappa shape index (κ2) is 9.29. The van der Waals surface area contributed by atoms with Gasteiger partial charge in [0.05, 0.1) is 34.0 Å². The van der Waals surface area contributed by atoms with E-state index in [9.17, 15) is 14.7 Å². The summed E-state index contributed by atoms with van der Waals surface area (Å²) in [4.78, 5) is 34.8. The Labute approximate surface area is 216 Å². The molecule has 1 aliphatic heterocycles. The van der Waals surface area contributed by atoms with E-state index in [4.69, 9.17) is 16.3 Å². The monoisotopic (exact) mass is 519 g/mol. The number of halogens is 1. The number of fused-ring (bicyclic) bond motifs is 1. The maximum absolute atomic E-state index is 13.4. The van der Waals surface area contributed by atoms with Gasteiger partial charge in [0.15, 0.2) is 5.13 Å². The van der Waals surface area contributed by atoms with Crippen LogP contribution in [0.4, 0.5) is 10.8 Å². The molecule has 2 heterocycles. The predicted molar refractivity (Wildman–Crippen MR) is 143 cm³/mol. The molecule has 36 heavy (non-hydrogen) atoms. The standard InChI is InChI=1S/C27H22ClN3O4S/c1-30(2)17-11-8-15(9-12-17)23-22(24(32)16-10-13-18(28)20(14-16)35-3)25(33)26(34)31(23)27-29-19-6-4-5-7-21(19)36-27/h4-14,23,32H,1-3H3/b24-22+. The first-order chi connectivity index (χ1) is 17.3. The van der Waals surface area contributed by atoms with Crippen molar-refractivity contribution in [3.05, 3.63) is 88.5 Å². The minimum atomic E-state index is -0.872. The molecule has 1 amide bonds. The van der Waals surface area contributed by atoms with Crippen molar-refractivity contribution in [3.63, 3.8) is 0 Å². The number of ketones is 1. The number of methoxy groups -OCH3 is 1. The molecule has 7 nitrogen and oxygen atoms in total. The van der Waals surface area contributed by atoms with Crippen molar-refractivity contribution in [2.24, 2.45) is 0 Å². The van der Waals surface area contributed by atoms with Crippen molar-refractivity contribution in [2.45, 2.75) is 6.04 Å². The van der Waals surface area contributed by atoms with Crippen LogP contribution in [0, 0.1) is 0 Å². The van der Waals surface area contributed by atoms with Gasteiger partial charge in [-0.3, -0.25) is 14.5 Å². The van der Waals surface area contributed by atoms with Crippen LogP contribution in [0.3, 0.4) is 0 Å². The van der Waals surface area contributed by atoms with E-state index in [-0.39, 0.29) is 11.3 Å². The second-order valence-electron chi connectivity index (χ2n) is 8.47. The molecule has 0 aliphatic carbocycles. The molecule has 1 aliphatic rings. The van der Waals surface area contributed by atoms with E-state index in [1.165, 1.54) is 29.4 Å². The van der Waals surface area contributed by atoms with Gasteiger partial charge in [-0.1, -0.05) is 47.2 Å². The number of aliphatic hydroxyl groups is 1. The van der Waals surface area contributed by atoms with Gasteiger partial charge < -0.3 is 14.7 Å². The fourth-order valence-electron chi connectivity index (χ4n) is 4.23. The minimum absolute atomic E-state index is 0.0266. The minimum Gasteiger partial charge on any atom is -0.507 e. The van der Waals surface area contributed by atoms with Gasteiger partial charge in [-0.05, 0) is 48.0 Å². The highest BCUT2D eigenvalue weighted by molar-refractivity contribution is 7.22. The van der Waals surface area contributed by atoms with Crippen LogP contribution in [0.25, 0.3) is 16.0 Å². The summed E-state index contributed by atoms with van der Waals surface area (Å²) in [5.41, 5.74) is 2.64. The quantitative estimate of drug-likeness (QED) is 0.208. The molecule has 1 saturated heterocycles. The molecule has 1 aromatic heterocycles. The Morgan fingerprint density at radius 1 is 1.08 bits per heavy atom. The number of amides is 1. The molecular formula is C27H22ClN3O4S.